The van der Waals surface area contributed by atoms with Crippen LogP contribution in [-0.4, -0.2) is 53.1 Å². The normalized spacial score (nSPS) is 22.9. The third kappa shape index (κ3) is 4.91. The van der Waals surface area contributed by atoms with Crippen LogP contribution in [0.3, 0.4) is 0 Å². The number of hydrogen-bond donors (Lipinski definition) is 2. The Morgan fingerprint density at radius 2 is 1.83 bits per heavy atom. The van der Waals surface area contributed by atoms with E-state index in [4.69, 9.17) is 4.74 Å². The van der Waals surface area contributed by atoms with Crippen molar-refractivity contribution in [1.82, 2.24) is 10.0 Å². The highest BCUT2D eigenvalue weighted by atomic mass is 79.9. The molecule has 1 aromatic rings. The fourth-order valence-electron chi connectivity index (χ4n) is 2.31. The monoisotopic (exact) mass is 440 g/mol. The number of sulfone groups is 1. The van der Waals surface area contributed by atoms with Gasteiger partial charge in [0.2, 0.25) is 10.0 Å². The molecule has 1 aliphatic heterocycles. The number of rotatable bonds is 5. The highest BCUT2D eigenvalue weighted by Crippen LogP contribution is 2.18. The molecule has 2 rings (SSSR count). The fourth-order valence-corrected chi connectivity index (χ4v) is 5.82. The zero-order chi connectivity index (χ0) is 18.0. The summed E-state index contributed by atoms with van der Waals surface area (Å²) in [6.45, 7) is 1.74. The predicted molar refractivity (Wildman–Crippen MR) is 90.9 cm³/mol. The number of hydrogen-bond acceptors (Lipinski definition) is 6. The van der Waals surface area contributed by atoms with Crippen LogP contribution in [0.2, 0.25) is 0 Å². The summed E-state index contributed by atoms with van der Waals surface area (Å²) in [5.41, 5.74) is 0. The lowest BCUT2D eigenvalue weighted by Crippen LogP contribution is -2.50. The van der Waals surface area contributed by atoms with Crippen LogP contribution >= 0.6 is 15.9 Å². The summed E-state index contributed by atoms with van der Waals surface area (Å²) < 4.78 is 56.2. The molecule has 24 heavy (non-hydrogen) atoms. The summed E-state index contributed by atoms with van der Waals surface area (Å²) in [7, 11) is -7.39. The largest absolute Gasteiger partial charge is 0.450 e. The van der Waals surface area contributed by atoms with E-state index in [0.717, 1.165) is 0 Å². The molecule has 0 unspecified atom stereocenters. The number of carbonyl (C=O) groups excluding carboxylic acids is 1. The first-order valence-corrected chi connectivity index (χ1v) is 11.1. The topological polar surface area (TPSA) is 119 Å². The molecule has 0 aliphatic carbocycles. The van der Waals surface area contributed by atoms with E-state index >= 15 is 0 Å². The smallest absolute Gasteiger partial charge is 0.407 e. The predicted octanol–water partition coefficient (Wildman–Crippen LogP) is 0.639. The maximum absolute atomic E-state index is 12.4. The lowest BCUT2D eigenvalue weighted by atomic mass is 10.2. The van der Waals surface area contributed by atoms with E-state index in [9.17, 15) is 21.6 Å². The molecule has 0 aromatic heterocycles. The van der Waals surface area contributed by atoms with Crippen molar-refractivity contribution in [3.63, 3.8) is 0 Å². The van der Waals surface area contributed by atoms with Gasteiger partial charge in [-0.2, -0.15) is 0 Å². The van der Waals surface area contributed by atoms with Gasteiger partial charge in [0.25, 0.3) is 0 Å². The Morgan fingerprint density at radius 3 is 2.42 bits per heavy atom. The van der Waals surface area contributed by atoms with Gasteiger partial charge in [0, 0.05) is 4.47 Å². The number of nitrogens with one attached hydrogen (secondary N) is 2. The van der Waals surface area contributed by atoms with Gasteiger partial charge in [0.15, 0.2) is 9.84 Å². The Kier molecular flexibility index (Phi) is 5.89. The number of benzene rings is 1. The van der Waals surface area contributed by atoms with Crippen LogP contribution in [0.25, 0.3) is 0 Å². The van der Waals surface area contributed by atoms with Crippen LogP contribution in [0, 0.1) is 0 Å². The first-order valence-electron chi connectivity index (χ1n) is 7.04. The standard InChI is InChI=1S/C13H17BrN2O6S2/c1-2-22-13(17)15-11-7-23(18,19)8-12(11)16-24(20,21)10-5-3-9(14)4-6-10/h3-6,11-12,16H,2,7-8H2,1H3,(H,15,17)/t11-,12+/m1/s1. The molecule has 0 spiro atoms. The van der Waals surface area contributed by atoms with Crippen LogP contribution in [0.5, 0.6) is 0 Å². The molecule has 134 valence electrons. The average Bonchev–Trinajstić information content (AvgIpc) is 2.72. The summed E-state index contributed by atoms with van der Waals surface area (Å²) in [5.74, 6) is -0.737. The maximum Gasteiger partial charge on any atom is 0.407 e. The molecule has 2 N–H and O–H groups in total. The van der Waals surface area contributed by atoms with Crippen molar-refractivity contribution in [2.75, 3.05) is 18.1 Å². The molecule has 0 bridgehead atoms. The van der Waals surface area contributed by atoms with E-state index in [0.29, 0.717) is 4.47 Å². The SMILES string of the molecule is CCOC(=O)N[C@@H]1CS(=O)(=O)C[C@@H]1NS(=O)(=O)c1ccc(Br)cc1. The van der Waals surface area contributed by atoms with E-state index in [1.165, 1.54) is 12.1 Å². The van der Waals surface area contributed by atoms with E-state index in [2.05, 4.69) is 26.0 Å². The number of sulfonamides is 1. The molecule has 1 heterocycles. The van der Waals surface area contributed by atoms with Crippen molar-refractivity contribution in [3.05, 3.63) is 28.7 Å². The van der Waals surface area contributed by atoms with E-state index in [1.807, 2.05) is 0 Å². The number of halogens is 1. The Bertz CT molecular complexity index is 807. The molecule has 1 aromatic carbocycles. The third-order valence-electron chi connectivity index (χ3n) is 3.36. The van der Waals surface area contributed by atoms with Crippen LogP contribution < -0.4 is 10.0 Å². The highest BCUT2D eigenvalue weighted by molar-refractivity contribution is 9.10. The summed E-state index contributed by atoms with van der Waals surface area (Å²) in [6, 6.07) is 4.06. The van der Waals surface area contributed by atoms with Gasteiger partial charge in [-0.3, -0.25) is 0 Å². The van der Waals surface area contributed by atoms with Crippen LogP contribution in [0.1, 0.15) is 6.92 Å². The second-order valence-electron chi connectivity index (χ2n) is 5.23. The first kappa shape index (κ1) is 19.2. The third-order valence-corrected chi connectivity index (χ3v) is 7.13. The quantitative estimate of drug-likeness (QED) is 0.693. The van der Waals surface area contributed by atoms with Crippen molar-refractivity contribution >= 4 is 41.9 Å². The van der Waals surface area contributed by atoms with Crippen LogP contribution in [-0.2, 0) is 24.6 Å². The first-order chi connectivity index (χ1) is 11.1. The fraction of sp³-hybridized carbons (Fsp3) is 0.462. The van der Waals surface area contributed by atoms with Crippen LogP contribution in [0.15, 0.2) is 33.6 Å². The lowest BCUT2D eigenvalue weighted by molar-refractivity contribution is 0.148. The average molecular weight is 441 g/mol. The van der Waals surface area contributed by atoms with Crippen molar-refractivity contribution < 1.29 is 26.4 Å². The van der Waals surface area contributed by atoms with Gasteiger partial charge in [-0.25, -0.2) is 26.4 Å². The molecule has 1 fully saturated rings. The molecule has 1 aliphatic rings. The summed E-state index contributed by atoms with van der Waals surface area (Å²) in [5, 5.41) is 2.39. The second kappa shape index (κ2) is 7.38. The molecule has 0 radical (unpaired) electrons. The molecule has 1 saturated heterocycles. The zero-order valence-corrected chi connectivity index (χ0v) is 15.9. The van der Waals surface area contributed by atoms with E-state index < -0.39 is 38.0 Å². The summed E-state index contributed by atoms with van der Waals surface area (Å²) >= 11 is 3.21. The van der Waals surface area contributed by atoms with Crippen LogP contribution in [0.4, 0.5) is 4.79 Å². The van der Waals surface area contributed by atoms with E-state index in [-0.39, 0.29) is 23.0 Å². The van der Waals surface area contributed by atoms with Crippen molar-refractivity contribution in [2.45, 2.75) is 23.9 Å². The second-order valence-corrected chi connectivity index (χ2v) is 10.0. The van der Waals surface area contributed by atoms with Gasteiger partial charge >= 0.3 is 6.09 Å². The minimum atomic E-state index is -3.92. The Balaban J connectivity index is 2.18. The molecular weight excluding hydrogens is 424 g/mol. The highest BCUT2D eigenvalue weighted by Gasteiger charge is 2.41. The van der Waals surface area contributed by atoms with Gasteiger partial charge < -0.3 is 10.1 Å². The van der Waals surface area contributed by atoms with Gasteiger partial charge in [-0.1, -0.05) is 15.9 Å². The maximum atomic E-state index is 12.4. The number of ether oxygens (including phenoxy) is 1. The summed E-state index contributed by atoms with van der Waals surface area (Å²) in [6.07, 6.45) is -0.785. The minimum Gasteiger partial charge on any atom is -0.450 e. The van der Waals surface area contributed by atoms with Crippen molar-refractivity contribution in [2.24, 2.45) is 0 Å². The number of amides is 1. The molecule has 1 amide bonds. The van der Waals surface area contributed by atoms with Crippen molar-refractivity contribution in [1.29, 1.82) is 0 Å². The molecular formula is C13H17BrN2O6S2. The molecule has 8 nitrogen and oxygen atoms in total. The van der Waals surface area contributed by atoms with Gasteiger partial charge in [0.1, 0.15) is 0 Å². The number of alkyl carbamates (subject to hydrolysis) is 1. The van der Waals surface area contributed by atoms with Crippen molar-refractivity contribution in [3.8, 4) is 0 Å². The van der Waals surface area contributed by atoms with Gasteiger partial charge in [-0.05, 0) is 31.2 Å². The molecule has 0 saturated carbocycles. The summed E-state index contributed by atoms with van der Waals surface area (Å²) in [4.78, 5) is 11.5. The zero-order valence-electron chi connectivity index (χ0n) is 12.7. The molecule has 11 heteroatoms. The van der Waals surface area contributed by atoms with Gasteiger partial charge in [-0.15, -0.1) is 0 Å². The minimum absolute atomic E-state index is 0.00452. The number of carbonyl (C=O) groups is 1. The molecule has 2 atom stereocenters. The lowest BCUT2D eigenvalue weighted by Gasteiger charge is -2.20. The van der Waals surface area contributed by atoms with E-state index in [1.54, 1.807) is 19.1 Å². The Labute approximate surface area is 149 Å². The van der Waals surface area contributed by atoms with Gasteiger partial charge in [0.05, 0.1) is 35.1 Å². The Morgan fingerprint density at radius 1 is 1.25 bits per heavy atom. The Hall–Kier alpha value is -1.17.